The van der Waals surface area contributed by atoms with E-state index in [9.17, 15) is 9.59 Å². The summed E-state index contributed by atoms with van der Waals surface area (Å²) in [6.07, 6.45) is -0.108. The Labute approximate surface area is 207 Å². The van der Waals surface area contributed by atoms with Gasteiger partial charge in [0.05, 0.1) is 17.3 Å². The first kappa shape index (κ1) is 24.2. The normalized spacial score (nSPS) is 11.9. The van der Waals surface area contributed by atoms with E-state index in [2.05, 4.69) is 46.8 Å². The van der Waals surface area contributed by atoms with Gasteiger partial charge in [0.15, 0.2) is 0 Å². The third kappa shape index (κ3) is 6.13. The Morgan fingerprint density at radius 1 is 1.06 bits per heavy atom. The number of nitrogens with one attached hydrogen (secondary N) is 2. The van der Waals surface area contributed by atoms with E-state index in [0.717, 1.165) is 21.7 Å². The van der Waals surface area contributed by atoms with Crippen molar-refractivity contribution in [3.05, 3.63) is 77.2 Å². The fraction of sp³-hybridized carbons (Fsp3) is 0.231. The number of hydrogen-bond donors (Lipinski definition) is 3. The minimum atomic E-state index is -0.946. The van der Waals surface area contributed by atoms with Crippen LogP contribution in [0.5, 0.6) is 0 Å². The third-order valence-electron chi connectivity index (χ3n) is 5.45. The van der Waals surface area contributed by atoms with Gasteiger partial charge in [0.1, 0.15) is 0 Å². The number of thiophene rings is 1. The highest BCUT2D eigenvalue weighted by Crippen LogP contribution is 2.30. The predicted octanol–water partition coefficient (Wildman–Crippen LogP) is 5.48. The Morgan fingerprint density at radius 3 is 2.43 bits per heavy atom. The molecule has 4 aromatic rings. The van der Waals surface area contributed by atoms with Crippen LogP contribution in [0.3, 0.4) is 0 Å². The maximum Gasteiger partial charge on any atom is 0.305 e. The number of carboxylic acids is 1. The highest BCUT2D eigenvalue weighted by atomic mass is 32.1. The summed E-state index contributed by atoms with van der Waals surface area (Å²) in [5, 5.41) is 20.9. The minimum Gasteiger partial charge on any atom is -0.481 e. The molecule has 0 fully saturated rings. The van der Waals surface area contributed by atoms with Gasteiger partial charge in [0.2, 0.25) is 5.82 Å². The van der Waals surface area contributed by atoms with Crippen LogP contribution in [0.2, 0.25) is 0 Å². The zero-order chi connectivity index (χ0) is 24.8. The Kier molecular flexibility index (Phi) is 7.57. The molecule has 0 bridgehead atoms. The molecule has 0 aliphatic heterocycles. The van der Waals surface area contributed by atoms with Crippen molar-refractivity contribution in [2.24, 2.45) is 5.92 Å². The van der Waals surface area contributed by atoms with Crippen molar-refractivity contribution in [3.8, 4) is 22.2 Å². The lowest BCUT2D eigenvalue weighted by Crippen LogP contribution is -2.26. The molecule has 2 aromatic heterocycles. The second kappa shape index (κ2) is 11.0. The molecule has 3 N–H and O–H groups in total. The van der Waals surface area contributed by atoms with Crippen LogP contribution in [0, 0.1) is 5.92 Å². The van der Waals surface area contributed by atoms with Crippen LogP contribution < -0.4 is 10.6 Å². The molecule has 1 atom stereocenters. The van der Waals surface area contributed by atoms with Gasteiger partial charge in [-0.25, -0.2) is 0 Å². The van der Waals surface area contributed by atoms with Crippen LogP contribution >= 0.6 is 11.3 Å². The molecular formula is C26H26N4O4S. The number of nitrogens with zero attached hydrogens (tertiary/aromatic N) is 2. The zero-order valence-electron chi connectivity index (χ0n) is 19.4. The first-order chi connectivity index (χ1) is 16.9. The first-order valence-corrected chi connectivity index (χ1v) is 12.1. The van der Waals surface area contributed by atoms with Gasteiger partial charge in [0.25, 0.3) is 11.8 Å². The van der Waals surface area contributed by atoms with Gasteiger partial charge in [-0.05, 0) is 47.2 Å². The standard InChI is InChI=1S/C26H26N4O4S/c1-16(2)23(28-20-11-9-19(10-12-20)25(33)27-14-13-22(31)32)17-5-7-18(8-6-17)24-29-26(34-30-24)21-4-3-15-35-21/h3-12,15-16,23,28H,13-14H2,1-2H3,(H,27,33)(H,31,32). The number of carbonyl (C=O) groups is 2. The molecule has 35 heavy (non-hydrogen) atoms. The maximum atomic E-state index is 12.2. The fourth-order valence-electron chi connectivity index (χ4n) is 3.60. The summed E-state index contributed by atoms with van der Waals surface area (Å²) in [5.41, 5.74) is 3.35. The van der Waals surface area contributed by atoms with Crippen LogP contribution in [0.15, 0.2) is 70.6 Å². The predicted molar refractivity (Wildman–Crippen MR) is 135 cm³/mol. The summed E-state index contributed by atoms with van der Waals surface area (Å²) in [5.74, 6) is 0.122. The largest absolute Gasteiger partial charge is 0.481 e. The molecule has 8 nitrogen and oxygen atoms in total. The lowest BCUT2D eigenvalue weighted by Gasteiger charge is -2.24. The number of hydrogen-bond acceptors (Lipinski definition) is 7. The molecule has 0 saturated carbocycles. The van der Waals surface area contributed by atoms with E-state index in [1.807, 2.05) is 41.8 Å². The number of aromatic nitrogens is 2. The Balaban J connectivity index is 1.42. The van der Waals surface area contributed by atoms with Crippen LogP contribution in [0.4, 0.5) is 5.69 Å². The van der Waals surface area contributed by atoms with Crippen LogP contribution in [-0.2, 0) is 4.79 Å². The second-order valence-electron chi connectivity index (χ2n) is 8.37. The number of amides is 1. The average Bonchev–Trinajstić information content (AvgIpc) is 3.55. The van der Waals surface area contributed by atoms with E-state index in [4.69, 9.17) is 9.63 Å². The van der Waals surface area contributed by atoms with E-state index in [1.54, 1.807) is 23.5 Å². The SMILES string of the molecule is CC(C)C(Nc1ccc(C(=O)NCCC(=O)O)cc1)c1ccc(-c2noc(-c3cccs3)n2)cc1. The smallest absolute Gasteiger partial charge is 0.305 e. The fourth-order valence-corrected chi connectivity index (χ4v) is 4.24. The monoisotopic (exact) mass is 490 g/mol. The van der Waals surface area contributed by atoms with E-state index >= 15 is 0 Å². The molecule has 0 aliphatic carbocycles. The quantitative estimate of drug-likeness (QED) is 0.269. The Morgan fingerprint density at radius 2 is 1.80 bits per heavy atom. The highest BCUT2D eigenvalue weighted by Gasteiger charge is 2.17. The number of aliphatic carboxylic acids is 1. The summed E-state index contributed by atoms with van der Waals surface area (Å²) in [6, 6.07) is 19.2. The lowest BCUT2D eigenvalue weighted by molar-refractivity contribution is -0.136. The summed E-state index contributed by atoms with van der Waals surface area (Å²) in [6.45, 7) is 4.38. The minimum absolute atomic E-state index is 0.0474. The van der Waals surface area contributed by atoms with Crippen molar-refractivity contribution in [2.45, 2.75) is 26.3 Å². The molecule has 0 spiro atoms. The van der Waals surface area contributed by atoms with Gasteiger partial charge >= 0.3 is 5.97 Å². The first-order valence-electron chi connectivity index (χ1n) is 11.2. The molecular weight excluding hydrogens is 464 g/mol. The van der Waals surface area contributed by atoms with Gasteiger partial charge in [-0.3, -0.25) is 9.59 Å². The number of carboxylic acid groups (broad SMARTS) is 1. The van der Waals surface area contributed by atoms with Gasteiger partial charge < -0.3 is 20.3 Å². The maximum absolute atomic E-state index is 12.2. The Bertz CT molecular complexity index is 1270. The van der Waals surface area contributed by atoms with Crippen molar-refractivity contribution < 1.29 is 19.2 Å². The highest BCUT2D eigenvalue weighted by molar-refractivity contribution is 7.13. The van der Waals surface area contributed by atoms with E-state index in [-0.39, 0.29) is 24.9 Å². The van der Waals surface area contributed by atoms with E-state index < -0.39 is 5.97 Å². The molecule has 4 rings (SSSR count). The number of benzene rings is 2. The van der Waals surface area contributed by atoms with Crippen molar-refractivity contribution >= 4 is 28.9 Å². The number of anilines is 1. The summed E-state index contributed by atoms with van der Waals surface area (Å²) in [7, 11) is 0. The molecule has 180 valence electrons. The second-order valence-corrected chi connectivity index (χ2v) is 9.31. The van der Waals surface area contributed by atoms with Crippen LogP contribution in [0.25, 0.3) is 22.2 Å². The molecule has 2 aromatic carbocycles. The van der Waals surface area contributed by atoms with Gasteiger partial charge in [-0.1, -0.05) is 49.3 Å². The lowest BCUT2D eigenvalue weighted by atomic mass is 9.94. The molecule has 2 heterocycles. The average molecular weight is 491 g/mol. The van der Waals surface area contributed by atoms with Crippen molar-refractivity contribution in [1.82, 2.24) is 15.5 Å². The summed E-state index contributed by atoms with van der Waals surface area (Å²) in [4.78, 5) is 28.2. The third-order valence-corrected chi connectivity index (χ3v) is 6.30. The number of rotatable bonds is 10. The molecule has 0 aliphatic rings. The van der Waals surface area contributed by atoms with Crippen molar-refractivity contribution in [1.29, 1.82) is 0 Å². The van der Waals surface area contributed by atoms with Gasteiger partial charge in [-0.15, -0.1) is 11.3 Å². The van der Waals surface area contributed by atoms with Crippen molar-refractivity contribution in [2.75, 3.05) is 11.9 Å². The molecule has 0 saturated heterocycles. The molecule has 0 radical (unpaired) electrons. The molecule has 1 unspecified atom stereocenters. The topological polar surface area (TPSA) is 117 Å². The summed E-state index contributed by atoms with van der Waals surface area (Å²) >= 11 is 1.55. The number of carbonyl (C=O) groups excluding carboxylic acids is 1. The van der Waals surface area contributed by atoms with Crippen LogP contribution in [0.1, 0.15) is 42.2 Å². The zero-order valence-corrected chi connectivity index (χ0v) is 20.2. The van der Waals surface area contributed by atoms with E-state index in [1.165, 1.54) is 0 Å². The van der Waals surface area contributed by atoms with Gasteiger partial charge in [-0.2, -0.15) is 4.98 Å². The van der Waals surface area contributed by atoms with E-state index in [0.29, 0.717) is 23.2 Å². The summed E-state index contributed by atoms with van der Waals surface area (Å²) < 4.78 is 5.40. The molecule has 9 heteroatoms. The molecule has 1 amide bonds. The van der Waals surface area contributed by atoms with Crippen molar-refractivity contribution in [3.63, 3.8) is 0 Å². The van der Waals surface area contributed by atoms with Crippen LogP contribution in [-0.4, -0.2) is 33.7 Å². The van der Waals surface area contributed by atoms with Gasteiger partial charge in [0, 0.05) is 23.4 Å². The Hall–Kier alpha value is -3.98.